The van der Waals surface area contributed by atoms with Crippen LogP contribution in [-0.2, 0) is 6.54 Å². The first-order valence-electron chi connectivity index (χ1n) is 4.88. The molecule has 4 heteroatoms. The van der Waals surface area contributed by atoms with Crippen LogP contribution in [0.5, 0.6) is 0 Å². The molecule has 3 nitrogen and oxygen atoms in total. The van der Waals surface area contributed by atoms with E-state index in [2.05, 4.69) is 0 Å². The number of carbonyl (C=O) groups excluding carboxylic acids is 1. The first-order valence-corrected chi connectivity index (χ1v) is 5.26. The third-order valence-electron chi connectivity index (χ3n) is 2.33. The number of aromatic nitrogens is 1. The van der Waals surface area contributed by atoms with Crippen molar-refractivity contribution in [3.63, 3.8) is 0 Å². The van der Waals surface area contributed by atoms with E-state index in [1.54, 1.807) is 36.7 Å². The van der Waals surface area contributed by atoms with E-state index in [0.29, 0.717) is 17.1 Å². The maximum atomic E-state index is 12.0. The van der Waals surface area contributed by atoms with Gasteiger partial charge in [0, 0.05) is 18.9 Å². The van der Waals surface area contributed by atoms with Gasteiger partial charge >= 0.3 is 0 Å². The summed E-state index contributed by atoms with van der Waals surface area (Å²) in [6.45, 7) is 0.419. The molecule has 0 spiro atoms. The molecule has 2 N–H and O–H groups in total. The Hall–Kier alpha value is -1.58. The zero-order chi connectivity index (χ0) is 11.5. The van der Waals surface area contributed by atoms with Crippen LogP contribution in [0.25, 0.3) is 0 Å². The van der Waals surface area contributed by atoms with Crippen LogP contribution in [0.3, 0.4) is 0 Å². The minimum atomic E-state index is -0.148. The van der Waals surface area contributed by atoms with Gasteiger partial charge in [-0.25, -0.2) is 0 Å². The zero-order valence-electron chi connectivity index (χ0n) is 8.56. The number of nitrogens with two attached hydrogens (primary N) is 1. The summed E-state index contributed by atoms with van der Waals surface area (Å²) < 4.78 is 1.49. The van der Waals surface area contributed by atoms with Gasteiger partial charge in [0.25, 0.3) is 5.91 Å². The molecule has 0 aliphatic carbocycles. The lowest BCUT2D eigenvalue weighted by atomic mass is 10.2. The predicted octanol–water partition coefficient (Wildman–Crippen LogP) is 2.29. The van der Waals surface area contributed by atoms with Crippen LogP contribution in [-0.4, -0.2) is 10.5 Å². The van der Waals surface area contributed by atoms with Crippen LogP contribution in [0.1, 0.15) is 15.9 Å². The molecule has 16 heavy (non-hydrogen) atoms. The van der Waals surface area contributed by atoms with Gasteiger partial charge in [0.2, 0.25) is 0 Å². The third-order valence-corrected chi connectivity index (χ3v) is 2.66. The number of hydrogen-bond donors (Lipinski definition) is 1. The van der Waals surface area contributed by atoms with E-state index >= 15 is 0 Å². The van der Waals surface area contributed by atoms with Crippen molar-refractivity contribution < 1.29 is 4.79 Å². The van der Waals surface area contributed by atoms with Crippen molar-refractivity contribution in [2.75, 3.05) is 0 Å². The molecule has 2 rings (SSSR count). The average molecular weight is 235 g/mol. The van der Waals surface area contributed by atoms with Gasteiger partial charge in [-0.15, -0.1) is 0 Å². The van der Waals surface area contributed by atoms with E-state index in [1.807, 2.05) is 6.07 Å². The van der Waals surface area contributed by atoms with E-state index in [9.17, 15) is 4.79 Å². The summed E-state index contributed by atoms with van der Waals surface area (Å²) in [6.07, 6.45) is 3.40. The van der Waals surface area contributed by atoms with Crippen LogP contribution >= 0.6 is 11.6 Å². The normalized spacial score (nSPS) is 10.4. The molecular formula is C12H11ClN2O. The smallest absolute Gasteiger partial charge is 0.263 e. The largest absolute Gasteiger partial charge is 0.326 e. The van der Waals surface area contributed by atoms with Crippen molar-refractivity contribution >= 4 is 17.5 Å². The quantitative estimate of drug-likeness (QED) is 0.867. The minimum absolute atomic E-state index is 0.148. The van der Waals surface area contributed by atoms with Crippen LogP contribution in [0.15, 0.2) is 42.7 Å². The molecule has 2 aromatic rings. The molecule has 0 saturated carbocycles. The van der Waals surface area contributed by atoms with Gasteiger partial charge in [0.05, 0.1) is 10.6 Å². The number of halogens is 1. The number of nitrogens with zero attached hydrogens (tertiary/aromatic N) is 1. The summed E-state index contributed by atoms with van der Waals surface area (Å²) in [7, 11) is 0. The van der Waals surface area contributed by atoms with Crippen molar-refractivity contribution in [3.8, 4) is 0 Å². The summed E-state index contributed by atoms with van der Waals surface area (Å²) in [4.78, 5) is 12.0. The zero-order valence-corrected chi connectivity index (χ0v) is 9.32. The molecule has 1 aromatic carbocycles. The molecule has 0 radical (unpaired) electrons. The Morgan fingerprint density at radius 2 is 2.06 bits per heavy atom. The molecule has 1 aromatic heterocycles. The number of hydrogen-bond acceptors (Lipinski definition) is 2. The van der Waals surface area contributed by atoms with Gasteiger partial charge in [0.1, 0.15) is 0 Å². The van der Waals surface area contributed by atoms with Crippen LogP contribution in [0, 0.1) is 0 Å². The lowest BCUT2D eigenvalue weighted by Crippen LogP contribution is -2.10. The number of benzene rings is 1. The van der Waals surface area contributed by atoms with E-state index in [-0.39, 0.29) is 5.91 Å². The summed E-state index contributed by atoms with van der Waals surface area (Å²) in [5, 5.41) is 0.454. The monoisotopic (exact) mass is 234 g/mol. The summed E-state index contributed by atoms with van der Waals surface area (Å²) >= 11 is 5.95. The number of rotatable bonds is 2. The first kappa shape index (κ1) is 10.9. The Kier molecular flexibility index (Phi) is 3.08. The van der Waals surface area contributed by atoms with Crippen LogP contribution in [0.2, 0.25) is 5.02 Å². The highest BCUT2D eigenvalue weighted by molar-refractivity contribution is 6.33. The third kappa shape index (κ3) is 2.01. The van der Waals surface area contributed by atoms with Crippen molar-refractivity contribution in [1.29, 1.82) is 0 Å². The Bertz CT molecular complexity index is 519. The van der Waals surface area contributed by atoms with Crippen molar-refractivity contribution in [3.05, 3.63) is 58.9 Å². The molecule has 0 amide bonds. The second kappa shape index (κ2) is 4.51. The van der Waals surface area contributed by atoms with Crippen LogP contribution < -0.4 is 5.73 Å². The van der Waals surface area contributed by atoms with Gasteiger partial charge in [0.15, 0.2) is 0 Å². The van der Waals surface area contributed by atoms with Crippen molar-refractivity contribution in [2.24, 2.45) is 5.73 Å². The highest BCUT2D eigenvalue weighted by atomic mass is 35.5. The van der Waals surface area contributed by atoms with E-state index in [1.165, 1.54) is 4.57 Å². The van der Waals surface area contributed by atoms with Gasteiger partial charge in [-0.2, -0.15) is 0 Å². The van der Waals surface area contributed by atoms with E-state index in [0.717, 1.165) is 5.56 Å². The number of carbonyl (C=O) groups is 1. The summed E-state index contributed by atoms with van der Waals surface area (Å²) in [6, 6.07) is 8.79. The van der Waals surface area contributed by atoms with Gasteiger partial charge < -0.3 is 5.73 Å². The molecule has 1 heterocycles. The SMILES string of the molecule is NCc1ccn(C(=O)c2ccccc2Cl)c1. The lowest BCUT2D eigenvalue weighted by molar-refractivity contribution is 0.0960. The second-order valence-electron chi connectivity index (χ2n) is 3.42. The first-order chi connectivity index (χ1) is 7.72. The molecule has 0 unspecified atom stereocenters. The Labute approximate surface area is 98.4 Å². The fourth-order valence-corrected chi connectivity index (χ4v) is 1.68. The second-order valence-corrected chi connectivity index (χ2v) is 3.82. The van der Waals surface area contributed by atoms with Gasteiger partial charge in [-0.1, -0.05) is 23.7 Å². The lowest BCUT2D eigenvalue weighted by Gasteiger charge is -2.03. The highest BCUT2D eigenvalue weighted by Crippen LogP contribution is 2.16. The average Bonchev–Trinajstić information content (AvgIpc) is 2.77. The molecule has 0 fully saturated rings. The standard InChI is InChI=1S/C12H11ClN2O/c13-11-4-2-1-3-10(11)12(16)15-6-5-9(7-14)8-15/h1-6,8H,7,14H2. The molecule has 0 aliphatic rings. The van der Waals surface area contributed by atoms with Gasteiger partial charge in [-0.05, 0) is 23.8 Å². The molecule has 0 atom stereocenters. The molecular weight excluding hydrogens is 224 g/mol. The summed E-state index contributed by atoms with van der Waals surface area (Å²) in [5.74, 6) is -0.148. The van der Waals surface area contributed by atoms with Crippen molar-refractivity contribution in [2.45, 2.75) is 6.54 Å². The van der Waals surface area contributed by atoms with E-state index < -0.39 is 0 Å². The fraction of sp³-hybridized carbons (Fsp3) is 0.0833. The Morgan fingerprint density at radius 3 is 2.69 bits per heavy atom. The maximum absolute atomic E-state index is 12.0. The molecule has 0 aliphatic heterocycles. The van der Waals surface area contributed by atoms with Gasteiger partial charge in [-0.3, -0.25) is 9.36 Å². The van der Waals surface area contributed by atoms with E-state index in [4.69, 9.17) is 17.3 Å². The topological polar surface area (TPSA) is 48.0 Å². The maximum Gasteiger partial charge on any atom is 0.263 e. The predicted molar refractivity (Wildman–Crippen MR) is 63.5 cm³/mol. The molecule has 82 valence electrons. The molecule has 0 saturated heterocycles. The van der Waals surface area contributed by atoms with Crippen LogP contribution in [0.4, 0.5) is 0 Å². The highest BCUT2D eigenvalue weighted by Gasteiger charge is 2.11. The summed E-state index contributed by atoms with van der Waals surface area (Å²) in [5.41, 5.74) is 6.89. The molecule has 0 bridgehead atoms. The Balaban J connectivity index is 2.35. The Morgan fingerprint density at radius 1 is 1.31 bits per heavy atom. The fourth-order valence-electron chi connectivity index (χ4n) is 1.46. The van der Waals surface area contributed by atoms with Crippen molar-refractivity contribution in [1.82, 2.24) is 4.57 Å². The minimum Gasteiger partial charge on any atom is -0.326 e.